The fraction of sp³-hybridized carbons (Fsp3) is 0.462. The molecular weight excluding hydrogens is 235 g/mol. The second-order valence-corrected chi connectivity index (χ2v) is 4.04. The number of hydrogen-bond acceptors (Lipinski definition) is 3. The quantitative estimate of drug-likeness (QED) is 0.845. The summed E-state index contributed by atoms with van der Waals surface area (Å²) in [7, 11) is 3.41. The number of nitrogens with zero attached hydrogens (tertiary/aromatic N) is 1. The molecule has 0 spiro atoms. The second kappa shape index (κ2) is 6.83. The zero-order chi connectivity index (χ0) is 13.5. The van der Waals surface area contributed by atoms with E-state index in [1.807, 2.05) is 0 Å². The van der Waals surface area contributed by atoms with E-state index in [0.717, 1.165) is 0 Å². The number of nitrogens with one attached hydrogen (secondary N) is 1. The van der Waals surface area contributed by atoms with E-state index in [0.29, 0.717) is 25.3 Å². The summed E-state index contributed by atoms with van der Waals surface area (Å²) >= 11 is 0. The molecule has 5 heteroatoms. The normalized spacial score (nSPS) is 10.0. The van der Waals surface area contributed by atoms with Crippen LogP contribution >= 0.6 is 0 Å². The van der Waals surface area contributed by atoms with Gasteiger partial charge in [0.1, 0.15) is 0 Å². The molecular formula is C13H19FN2O2. The number of benzene rings is 1. The Morgan fingerprint density at radius 3 is 2.72 bits per heavy atom. The molecule has 0 fully saturated rings. The minimum Gasteiger partial charge on any atom is -0.491 e. The van der Waals surface area contributed by atoms with Crippen molar-refractivity contribution in [2.24, 2.45) is 0 Å². The van der Waals surface area contributed by atoms with Crippen LogP contribution in [0.2, 0.25) is 0 Å². The van der Waals surface area contributed by atoms with Crippen molar-refractivity contribution in [2.75, 3.05) is 32.6 Å². The van der Waals surface area contributed by atoms with E-state index in [9.17, 15) is 9.18 Å². The van der Waals surface area contributed by atoms with E-state index in [4.69, 9.17) is 4.74 Å². The number of amides is 1. The number of ether oxygens (including phenoxy) is 1. The molecule has 0 unspecified atom stereocenters. The van der Waals surface area contributed by atoms with Gasteiger partial charge in [-0.15, -0.1) is 0 Å². The van der Waals surface area contributed by atoms with Crippen LogP contribution in [-0.4, -0.2) is 38.1 Å². The van der Waals surface area contributed by atoms with Crippen LogP contribution in [0.1, 0.15) is 13.3 Å². The van der Waals surface area contributed by atoms with Crippen LogP contribution in [-0.2, 0) is 4.79 Å². The molecule has 0 heterocycles. The van der Waals surface area contributed by atoms with Crippen molar-refractivity contribution < 1.29 is 13.9 Å². The van der Waals surface area contributed by atoms with Gasteiger partial charge in [0.2, 0.25) is 5.91 Å². The van der Waals surface area contributed by atoms with E-state index in [-0.39, 0.29) is 11.7 Å². The fourth-order valence-corrected chi connectivity index (χ4v) is 1.42. The maximum Gasteiger partial charge on any atom is 0.223 e. The van der Waals surface area contributed by atoms with E-state index in [1.54, 1.807) is 33.2 Å². The first-order valence-electron chi connectivity index (χ1n) is 5.91. The van der Waals surface area contributed by atoms with Gasteiger partial charge in [-0.3, -0.25) is 4.79 Å². The highest BCUT2D eigenvalue weighted by Crippen LogP contribution is 2.20. The van der Waals surface area contributed by atoms with Crippen molar-refractivity contribution in [3.63, 3.8) is 0 Å². The maximum atomic E-state index is 13.5. The van der Waals surface area contributed by atoms with Gasteiger partial charge in [0.15, 0.2) is 11.6 Å². The summed E-state index contributed by atoms with van der Waals surface area (Å²) in [4.78, 5) is 12.9. The van der Waals surface area contributed by atoms with Crippen LogP contribution in [0.5, 0.6) is 5.75 Å². The van der Waals surface area contributed by atoms with Crippen LogP contribution in [0, 0.1) is 5.82 Å². The van der Waals surface area contributed by atoms with Gasteiger partial charge < -0.3 is 15.0 Å². The summed E-state index contributed by atoms with van der Waals surface area (Å²) in [6.45, 7) is 2.71. The van der Waals surface area contributed by atoms with Gasteiger partial charge in [-0.1, -0.05) is 0 Å². The summed E-state index contributed by atoms with van der Waals surface area (Å²) < 4.78 is 18.6. The van der Waals surface area contributed by atoms with E-state index in [1.165, 1.54) is 11.0 Å². The Balaban J connectivity index is 2.48. The average Bonchev–Trinajstić information content (AvgIpc) is 2.32. The number of carbonyl (C=O) groups is 1. The SMILES string of the molecule is CCOc1ccc(NCCC(=O)N(C)C)cc1F. The Hall–Kier alpha value is -1.78. The Labute approximate surface area is 107 Å². The van der Waals surface area contributed by atoms with Crippen LogP contribution in [0.25, 0.3) is 0 Å². The van der Waals surface area contributed by atoms with Crippen molar-refractivity contribution in [1.29, 1.82) is 0 Å². The van der Waals surface area contributed by atoms with Gasteiger partial charge in [-0.2, -0.15) is 0 Å². The minimum atomic E-state index is -0.402. The molecule has 0 saturated heterocycles. The molecule has 0 aliphatic rings. The Bertz CT molecular complexity index is 408. The number of hydrogen-bond donors (Lipinski definition) is 1. The van der Waals surface area contributed by atoms with Crippen molar-refractivity contribution in [3.8, 4) is 5.75 Å². The van der Waals surface area contributed by atoms with Crippen molar-refractivity contribution in [1.82, 2.24) is 4.90 Å². The van der Waals surface area contributed by atoms with Crippen molar-refractivity contribution >= 4 is 11.6 Å². The smallest absolute Gasteiger partial charge is 0.223 e. The number of carbonyl (C=O) groups excluding carboxylic acids is 1. The molecule has 1 aromatic rings. The van der Waals surface area contributed by atoms with Gasteiger partial charge in [0, 0.05) is 38.8 Å². The lowest BCUT2D eigenvalue weighted by molar-refractivity contribution is -0.128. The zero-order valence-corrected chi connectivity index (χ0v) is 11.0. The highest BCUT2D eigenvalue weighted by Gasteiger charge is 2.05. The zero-order valence-electron chi connectivity index (χ0n) is 11.0. The number of rotatable bonds is 6. The lowest BCUT2D eigenvalue weighted by Gasteiger charge is -2.12. The third-order valence-corrected chi connectivity index (χ3v) is 2.40. The molecule has 0 aromatic heterocycles. The van der Waals surface area contributed by atoms with Crippen LogP contribution in [0.4, 0.5) is 10.1 Å². The fourth-order valence-electron chi connectivity index (χ4n) is 1.42. The van der Waals surface area contributed by atoms with Crippen LogP contribution in [0.3, 0.4) is 0 Å². The number of halogens is 1. The van der Waals surface area contributed by atoms with E-state index < -0.39 is 5.82 Å². The Morgan fingerprint density at radius 2 is 2.17 bits per heavy atom. The predicted molar refractivity (Wildman–Crippen MR) is 69.4 cm³/mol. The number of anilines is 1. The minimum absolute atomic E-state index is 0.0360. The van der Waals surface area contributed by atoms with Crippen molar-refractivity contribution in [3.05, 3.63) is 24.0 Å². The van der Waals surface area contributed by atoms with Crippen molar-refractivity contribution in [2.45, 2.75) is 13.3 Å². The highest BCUT2D eigenvalue weighted by atomic mass is 19.1. The molecule has 0 bridgehead atoms. The topological polar surface area (TPSA) is 41.6 Å². The van der Waals surface area contributed by atoms with Crippen LogP contribution < -0.4 is 10.1 Å². The van der Waals surface area contributed by atoms with Gasteiger partial charge >= 0.3 is 0 Å². The molecule has 1 N–H and O–H groups in total. The van der Waals surface area contributed by atoms with Crippen LogP contribution in [0.15, 0.2) is 18.2 Å². The third-order valence-electron chi connectivity index (χ3n) is 2.40. The van der Waals surface area contributed by atoms with Gasteiger partial charge in [-0.25, -0.2) is 4.39 Å². The van der Waals surface area contributed by atoms with Gasteiger partial charge in [-0.05, 0) is 19.1 Å². The average molecular weight is 254 g/mol. The molecule has 100 valence electrons. The molecule has 18 heavy (non-hydrogen) atoms. The van der Waals surface area contributed by atoms with E-state index >= 15 is 0 Å². The Morgan fingerprint density at radius 1 is 1.44 bits per heavy atom. The predicted octanol–water partition coefficient (Wildman–Crippen LogP) is 2.11. The first kappa shape index (κ1) is 14.3. The molecule has 0 aliphatic carbocycles. The largest absolute Gasteiger partial charge is 0.491 e. The Kier molecular flexibility index (Phi) is 5.42. The summed E-state index contributed by atoms with van der Waals surface area (Å²) in [6.07, 6.45) is 0.377. The third kappa shape index (κ3) is 4.24. The first-order valence-corrected chi connectivity index (χ1v) is 5.91. The molecule has 0 atom stereocenters. The summed E-state index contributed by atoms with van der Waals surface area (Å²) in [5.41, 5.74) is 0.641. The van der Waals surface area contributed by atoms with E-state index in [2.05, 4.69) is 5.32 Å². The maximum absolute atomic E-state index is 13.5. The molecule has 0 saturated carbocycles. The first-order chi connectivity index (χ1) is 8.54. The second-order valence-electron chi connectivity index (χ2n) is 4.04. The monoisotopic (exact) mass is 254 g/mol. The summed E-state index contributed by atoms with van der Waals surface area (Å²) in [5.74, 6) is -0.123. The molecule has 1 aromatic carbocycles. The summed E-state index contributed by atoms with van der Waals surface area (Å²) in [6, 6.07) is 4.67. The van der Waals surface area contributed by atoms with Gasteiger partial charge in [0.05, 0.1) is 6.61 Å². The highest BCUT2D eigenvalue weighted by molar-refractivity contribution is 5.76. The lowest BCUT2D eigenvalue weighted by atomic mass is 10.2. The summed E-state index contributed by atoms with van der Waals surface area (Å²) in [5, 5.41) is 3.00. The standard InChI is InChI=1S/C13H19FN2O2/c1-4-18-12-6-5-10(9-11(12)14)15-8-7-13(17)16(2)3/h5-6,9,15H,4,7-8H2,1-3H3. The molecule has 1 amide bonds. The molecule has 0 radical (unpaired) electrons. The molecule has 1 rings (SSSR count). The lowest BCUT2D eigenvalue weighted by Crippen LogP contribution is -2.23. The molecule has 0 aliphatic heterocycles. The van der Waals surface area contributed by atoms with Gasteiger partial charge in [0.25, 0.3) is 0 Å². The molecule has 4 nitrogen and oxygen atoms in total.